The van der Waals surface area contributed by atoms with Gasteiger partial charge in [-0.3, -0.25) is 0 Å². The Labute approximate surface area is 95.0 Å². The van der Waals surface area contributed by atoms with E-state index >= 15 is 0 Å². The van der Waals surface area contributed by atoms with Crippen LogP contribution in [0.5, 0.6) is 0 Å². The van der Waals surface area contributed by atoms with Gasteiger partial charge in [-0.1, -0.05) is 0 Å². The van der Waals surface area contributed by atoms with Gasteiger partial charge in [0, 0.05) is 0 Å². The molecule has 0 fully saturated rings. The zero-order chi connectivity index (χ0) is 5.91. The first-order chi connectivity index (χ1) is 3.06. The summed E-state index contributed by atoms with van der Waals surface area (Å²) in [6.07, 6.45) is 0. The van der Waals surface area contributed by atoms with Crippen LogP contribution < -0.4 is 0 Å². The van der Waals surface area contributed by atoms with E-state index < -0.39 is 0 Å². The quantitative estimate of drug-likeness (QED) is 0.384. The van der Waals surface area contributed by atoms with Crippen molar-refractivity contribution >= 4 is 37.7 Å². The summed E-state index contributed by atoms with van der Waals surface area (Å²) >= 11 is 0. The molecular formula is C5H20CaNO3+. The zero-order valence-electron chi connectivity index (χ0n) is 9.02. The Morgan fingerprint density at radius 3 is 1.50 bits per heavy atom. The van der Waals surface area contributed by atoms with Crippen LogP contribution >= 0.6 is 0 Å². The normalized spacial score (nSPS) is 8.40. The number of hydrogen-bond acceptors (Lipinski definition) is 1. The fraction of sp³-hybridized carbons (Fsp3) is 1.00. The van der Waals surface area contributed by atoms with Crippen LogP contribution in [0.4, 0.5) is 0 Å². The van der Waals surface area contributed by atoms with Crippen molar-refractivity contribution < 1.29 is 23.4 Å². The number of aliphatic hydroxyl groups is 1. The van der Waals surface area contributed by atoms with Gasteiger partial charge < -0.3 is 23.4 Å². The Hall–Kier alpha value is 1.10. The van der Waals surface area contributed by atoms with Crippen LogP contribution in [0, 0.1) is 0 Å². The second-order valence-electron chi connectivity index (χ2n) is 2.74. The first kappa shape index (κ1) is 22.5. The number of quaternary nitrogens is 1. The van der Waals surface area contributed by atoms with Gasteiger partial charge in [-0.2, -0.15) is 0 Å². The second kappa shape index (κ2) is 10.1. The second-order valence-corrected chi connectivity index (χ2v) is 2.74. The molecule has 10 heavy (non-hydrogen) atoms. The maximum atomic E-state index is 8.39. The van der Waals surface area contributed by atoms with Crippen molar-refractivity contribution in [1.82, 2.24) is 0 Å². The predicted octanol–water partition coefficient (Wildman–Crippen LogP) is -2.12. The van der Waals surface area contributed by atoms with E-state index in [1.165, 1.54) is 0 Å². The smallest absolute Gasteiger partial charge is 1.00 e. The average Bonchev–Trinajstić information content (AvgIpc) is 1.30. The molecule has 0 saturated heterocycles. The van der Waals surface area contributed by atoms with Crippen LogP contribution in [0.1, 0.15) is 2.85 Å². The number of hydrogen-bond donors (Lipinski definition) is 1. The fourth-order valence-corrected chi connectivity index (χ4v) is 0.300. The summed E-state index contributed by atoms with van der Waals surface area (Å²) in [7, 11) is 6.16. The molecule has 0 unspecified atom stereocenters. The molecule has 0 aromatic rings. The summed E-state index contributed by atoms with van der Waals surface area (Å²) in [5, 5.41) is 8.39. The van der Waals surface area contributed by atoms with E-state index in [0.29, 0.717) is 0 Å². The topological polar surface area (TPSA) is 83.2 Å². The molecule has 0 spiro atoms. The molecule has 64 valence electrons. The molecule has 0 radical (unpaired) electrons. The molecule has 0 amide bonds. The molecule has 0 rings (SSSR count). The SMILES string of the molecule is C[N+](C)(C)CCO.O.O.[Ca+2].[H-].[H-]. The van der Waals surface area contributed by atoms with Gasteiger partial charge in [0.1, 0.15) is 6.54 Å². The number of likely N-dealkylation sites (N-methyl/N-ethyl adjacent to an activating group) is 1. The van der Waals surface area contributed by atoms with Crippen LogP contribution in [-0.2, 0) is 0 Å². The Morgan fingerprint density at radius 1 is 1.20 bits per heavy atom. The van der Waals surface area contributed by atoms with Gasteiger partial charge in [-0.25, -0.2) is 0 Å². The molecule has 0 saturated carbocycles. The third-order valence-corrected chi connectivity index (χ3v) is 0.771. The summed E-state index contributed by atoms with van der Waals surface area (Å²) < 4.78 is 0.844. The van der Waals surface area contributed by atoms with Gasteiger partial charge >= 0.3 is 37.7 Å². The van der Waals surface area contributed by atoms with Crippen molar-refractivity contribution in [3.63, 3.8) is 0 Å². The zero-order valence-corrected chi connectivity index (χ0v) is 9.22. The van der Waals surface area contributed by atoms with Crippen molar-refractivity contribution in [2.45, 2.75) is 0 Å². The van der Waals surface area contributed by atoms with Crippen LogP contribution in [0.25, 0.3) is 0 Å². The van der Waals surface area contributed by atoms with Crippen LogP contribution in [0.3, 0.4) is 0 Å². The summed E-state index contributed by atoms with van der Waals surface area (Å²) in [6, 6.07) is 0. The summed E-state index contributed by atoms with van der Waals surface area (Å²) in [5.41, 5.74) is 0. The molecule has 0 atom stereocenters. The van der Waals surface area contributed by atoms with Gasteiger partial charge in [-0.05, 0) is 0 Å². The molecular weight excluding hydrogens is 162 g/mol. The van der Waals surface area contributed by atoms with E-state index in [9.17, 15) is 0 Å². The predicted molar refractivity (Wildman–Crippen MR) is 45.2 cm³/mol. The molecule has 5 N–H and O–H groups in total. The molecule has 0 aromatic carbocycles. The van der Waals surface area contributed by atoms with Gasteiger partial charge in [-0.15, -0.1) is 0 Å². The van der Waals surface area contributed by atoms with Gasteiger partial charge in [0.25, 0.3) is 0 Å². The maximum absolute atomic E-state index is 8.39. The molecule has 0 aromatic heterocycles. The maximum Gasteiger partial charge on any atom is 2.00 e. The van der Waals surface area contributed by atoms with Crippen molar-refractivity contribution in [3.8, 4) is 0 Å². The number of aliphatic hydroxyl groups excluding tert-OH is 1. The largest absolute Gasteiger partial charge is 2.00 e. The summed E-state index contributed by atoms with van der Waals surface area (Å²) in [5.74, 6) is 0. The third kappa shape index (κ3) is 23.0. The minimum atomic E-state index is 0. The van der Waals surface area contributed by atoms with Crippen molar-refractivity contribution in [3.05, 3.63) is 0 Å². The van der Waals surface area contributed by atoms with E-state index in [1.54, 1.807) is 0 Å². The molecule has 0 aliphatic carbocycles. The van der Waals surface area contributed by atoms with Crippen molar-refractivity contribution in [1.29, 1.82) is 0 Å². The van der Waals surface area contributed by atoms with E-state index in [4.69, 9.17) is 5.11 Å². The molecule has 0 aliphatic heterocycles. The van der Waals surface area contributed by atoms with Gasteiger partial charge in [0.15, 0.2) is 0 Å². The monoisotopic (exact) mass is 182 g/mol. The standard InChI is InChI=1S/C5H14NO.Ca.2H2O.2H/c1-6(2,3)4-5-7;;;;;/h7H,4-5H2,1-3H3;;2*1H2;;/q+1;+2;;;2*-1. The molecule has 0 heterocycles. The van der Waals surface area contributed by atoms with Gasteiger partial charge in [0.2, 0.25) is 0 Å². The van der Waals surface area contributed by atoms with E-state index in [2.05, 4.69) is 21.1 Å². The first-order valence-electron chi connectivity index (χ1n) is 2.47. The van der Waals surface area contributed by atoms with Crippen molar-refractivity contribution in [2.24, 2.45) is 0 Å². The van der Waals surface area contributed by atoms with Crippen LogP contribution in [-0.4, -0.2) is 92.6 Å². The van der Waals surface area contributed by atoms with E-state index in [1.807, 2.05) is 0 Å². The molecule has 0 bridgehead atoms. The Kier molecular flexibility index (Phi) is 22.7. The minimum absolute atomic E-state index is 0. The molecule has 5 heteroatoms. The van der Waals surface area contributed by atoms with E-state index in [-0.39, 0.29) is 58.2 Å². The van der Waals surface area contributed by atoms with Crippen LogP contribution in [0.15, 0.2) is 0 Å². The Balaban J connectivity index is -0.0000000180. The molecule has 4 nitrogen and oxygen atoms in total. The minimum Gasteiger partial charge on any atom is -1.00 e. The summed E-state index contributed by atoms with van der Waals surface area (Å²) in [4.78, 5) is 0. The number of rotatable bonds is 2. The van der Waals surface area contributed by atoms with Gasteiger partial charge in [0.05, 0.1) is 27.7 Å². The fourth-order valence-electron chi connectivity index (χ4n) is 0.300. The Morgan fingerprint density at radius 2 is 1.50 bits per heavy atom. The summed E-state index contributed by atoms with van der Waals surface area (Å²) in [6.45, 7) is 1.11. The number of nitrogens with zero attached hydrogens (tertiary/aromatic N) is 1. The molecule has 0 aliphatic rings. The van der Waals surface area contributed by atoms with Crippen LogP contribution in [0.2, 0.25) is 0 Å². The Bertz CT molecular complexity index is 63.1. The van der Waals surface area contributed by atoms with E-state index in [0.717, 1.165) is 11.0 Å². The van der Waals surface area contributed by atoms with Crippen molar-refractivity contribution in [2.75, 3.05) is 34.3 Å². The first-order valence-corrected chi connectivity index (χ1v) is 2.47. The average molecular weight is 182 g/mol. The third-order valence-electron chi connectivity index (χ3n) is 0.771.